The summed E-state index contributed by atoms with van der Waals surface area (Å²) in [6.45, 7) is 0. The van der Waals surface area contributed by atoms with Crippen LogP contribution in [0.4, 0.5) is 0 Å². The Kier molecular flexibility index (Phi) is 2.99. The van der Waals surface area contributed by atoms with Crippen molar-refractivity contribution in [2.75, 3.05) is 0 Å². The Morgan fingerprint density at radius 3 is 2.81 bits per heavy atom. The van der Waals surface area contributed by atoms with E-state index in [1.807, 2.05) is 5.38 Å². The van der Waals surface area contributed by atoms with Crippen LogP contribution >= 0.6 is 11.3 Å². The molecular formula is C12H7NO2S. The number of aromatic carboxylic acids is 1. The highest BCUT2D eigenvalue weighted by Gasteiger charge is 2.06. The van der Waals surface area contributed by atoms with E-state index in [0.29, 0.717) is 11.3 Å². The molecule has 0 aliphatic rings. The zero-order chi connectivity index (χ0) is 11.4. The first-order chi connectivity index (χ1) is 7.77. The Balaban J connectivity index is 2.38. The maximum Gasteiger partial charge on any atom is 0.336 e. The van der Waals surface area contributed by atoms with Gasteiger partial charge < -0.3 is 5.11 Å². The van der Waals surface area contributed by atoms with Crippen LogP contribution in [0.3, 0.4) is 0 Å². The van der Waals surface area contributed by atoms with Gasteiger partial charge in [0.2, 0.25) is 0 Å². The minimum absolute atomic E-state index is 0.213. The number of carboxylic acids is 1. The zero-order valence-electron chi connectivity index (χ0n) is 8.18. The Hall–Kier alpha value is -2.12. The van der Waals surface area contributed by atoms with E-state index in [9.17, 15) is 4.79 Å². The van der Waals surface area contributed by atoms with Crippen molar-refractivity contribution < 1.29 is 9.90 Å². The van der Waals surface area contributed by atoms with Gasteiger partial charge in [-0.2, -0.15) is 0 Å². The van der Waals surface area contributed by atoms with Crippen LogP contribution in [-0.4, -0.2) is 16.1 Å². The van der Waals surface area contributed by atoms with Gasteiger partial charge in [0.15, 0.2) is 0 Å². The number of aromatic nitrogens is 1. The summed E-state index contributed by atoms with van der Waals surface area (Å²) in [5.41, 5.74) is 3.06. The molecule has 16 heavy (non-hydrogen) atoms. The number of carbonyl (C=O) groups is 1. The fourth-order valence-corrected chi connectivity index (χ4v) is 1.67. The van der Waals surface area contributed by atoms with E-state index in [1.54, 1.807) is 23.7 Å². The molecule has 2 rings (SSSR count). The molecule has 0 amide bonds. The van der Waals surface area contributed by atoms with Crippen molar-refractivity contribution in [2.45, 2.75) is 0 Å². The maximum atomic E-state index is 10.9. The van der Waals surface area contributed by atoms with Crippen LogP contribution < -0.4 is 0 Å². The molecule has 0 aliphatic carbocycles. The molecule has 0 radical (unpaired) electrons. The predicted octanol–water partition coefficient (Wildman–Crippen LogP) is 2.24. The van der Waals surface area contributed by atoms with Gasteiger partial charge in [0.1, 0.15) is 5.69 Å². The van der Waals surface area contributed by atoms with Crippen LogP contribution in [0.15, 0.2) is 35.2 Å². The van der Waals surface area contributed by atoms with Gasteiger partial charge in [-0.05, 0) is 18.1 Å². The third-order valence-corrected chi connectivity index (χ3v) is 2.50. The van der Waals surface area contributed by atoms with Gasteiger partial charge in [-0.3, -0.25) is 0 Å². The second-order valence-electron chi connectivity index (χ2n) is 2.97. The first-order valence-electron chi connectivity index (χ1n) is 4.50. The maximum absolute atomic E-state index is 10.9. The molecule has 0 aliphatic heterocycles. The number of hydrogen-bond acceptors (Lipinski definition) is 3. The van der Waals surface area contributed by atoms with Crippen LogP contribution in [0.2, 0.25) is 0 Å². The molecule has 4 heteroatoms. The highest BCUT2D eigenvalue weighted by molar-refractivity contribution is 7.07. The molecule has 0 atom stereocenters. The van der Waals surface area contributed by atoms with Crippen LogP contribution in [0.25, 0.3) is 0 Å². The monoisotopic (exact) mass is 229 g/mol. The van der Waals surface area contributed by atoms with Crippen LogP contribution in [0.5, 0.6) is 0 Å². The van der Waals surface area contributed by atoms with E-state index in [1.165, 1.54) is 17.4 Å². The summed E-state index contributed by atoms with van der Waals surface area (Å²) in [6.07, 6.45) is 0. The predicted molar refractivity (Wildman–Crippen MR) is 61.5 cm³/mol. The molecule has 0 saturated heterocycles. The minimum atomic E-state index is -0.969. The van der Waals surface area contributed by atoms with E-state index in [4.69, 9.17) is 5.11 Å². The smallest absolute Gasteiger partial charge is 0.336 e. The lowest BCUT2D eigenvalue weighted by Crippen LogP contribution is -1.99. The summed E-state index contributed by atoms with van der Waals surface area (Å²) in [6, 6.07) is 6.66. The second-order valence-corrected chi connectivity index (χ2v) is 3.69. The molecule has 0 bridgehead atoms. The second kappa shape index (κ2) is 4.60. The number of benzene rings is 1. The standard InChI is InChI=1S/C12H7NO2S/c14-12(15)11-4-2-1-3-9(11)5-6-10-7-16-8-13-10/h1-4,7-8H,(H,14,15). The van der Waals surface area contributed by atoms with Crippen molar-refractivity contribution in [3.8, 4) is 11.8 Å². The number of nitrogens with zero attached hydrogens (tertiary/aromatic N) is 1. The minimum Gasteiger partial charge on any atom is -0.478 e. The van der Waals surface area contributed by atoms with E-state index in [2.05, 4.69) is 16.8 Å². The first kappa shape index (κ1) is 10.4. The Morgan fingerprint density at radius 1 is 1.31 bits per heavy atom. The summed E-state index contributed by atoms with van der Waals surface area (Å²) in [5.74, 6) is 4.66. The Morgan fingerprint density at radius 2 is 2.12 bits per heavy atom. The lowest BCUT2D eigenvalue weighted by Gasteiger charge is -1.96. The van der Waals surface area contributed by atoms with E-state index in [0.717, 1.165) is 0 Å². The summed E-state index contributed by atoms with van der Waals surface area (Å²) in [4.78, 5) is 14.9. The third-order valence-electron chi connectivity index (χ3n) is 1.92. The van der Waals surface area contributed by atoms with Gasteiger partial charge in [-0.1, -0.05) is 18.1 Å². The van der Waals surface area contributed by atoms with Crippen LogP contribution in [0.1, 0.15) is 21.6 Å². The number of hydrogen-bond donors (Lipinski definition) is 1. The molecule has 0 spiro atoms. The largest absolute Gasteiger partial charge is 0.478 e. The number of thiazole rings is 1. The first-order valence-corrected chi connectivity index (χ1v) is 5.44. The summed E-state index contributed by atoms with van der Waals surface area (Å²) >= 11 is 1.46. The highest BCUT2D eigenvalue weighted by atomic mass is 32.1. The van der Waals surface area contributed by atoms with Crippen molar-refractivity contribution in [1.82, 2.24) is 4.98 Å². The van der Waals surface area contributed by atoms with Crippen molar-refractivity contribution in [1.29, 1.82) is 0 Å². The third kappa shape index (κ3) is 2.27. The molecule has 1 heterocycles. The number of carboxylic acid groups (broad SMARTS) is 1. The van der Waals surface area contributed by atoms with Crippen molar-refractivity contribution in [2.24, 2.45) is 0 Å². The SMILES string of the molecule is O=C(O)c1ccccc1C#Cc1cscn1. The fourth-order valence-electron chi connectivity index (χ4n) is 1.18. The summed E-state index contributed by atoms with van der Waals surface area (Å²) in [5, 5.41) is 10.8. The molecule has 1 N–H and O–H groups in total. The molecule has 1 aromatic carbocycles. The topological polar surface area (TPSA) is 50.2 Å². The average molecular weight is 229 g/mol. The van der Waals surface area contributed by atoms with Crippen LogP contribution in [0, 0.1) is 11.8 Å². The lowest BCUT2D eigenvalue weighted by atomic mass is 10.1. The molecular weight excluding hydrogens is 222 g/mol. The average Bonchev–Trinajstić information content (AvgIpc) is 2.79. The molecule has 78 valence electrons. The Bertz CT molecular complexity index is 564. The van der Waals surface area contributed by atoms with Crippen molar-refractivity contribution >= 4 is 17.3 Å². The fraction of sp³-hybridized carbons (Fsp3) is 0. The zero-order valence-corrected chi connectivity index (χ0v) is 8.99. The Labute approximate surface area is 96.4 Å². The summed E-state index contributed by atoms with van der Waals surface area (Å²) < 4.78 is 0. The quantitative estimate of drug-likeness (QED) is 0.763. The molecule has 3 nitrogen and oxygen atoms in total. The van der Waals surface area contributed by atoms with Gasteiger partial charge in [0.05, 0.1) is 11.1 Å². The normalized spacial score (nSPS) is 9.25. The van der Waals surface area contributed by atoms with E-state index >= 15 is 0 Å². The van der Waals surface area contributed by atoms with Gasteiger partial charge in [0, 0.05) is 10.9 Å². The van der Waals surface area contributed by atoms with E-state index < -0.39 is 5.97 Å². The molecule has 0 unspecified atom stereocenters. The molecule has 0 saturated carbocycles. The molecule has 2 aromatic rings. The highest BCUT2D eigenvalue weighted by Crippen LogP contribution is 2.07. The van der Waals surface area contributed by atoms with Crippen LogP contribution in [-0.2, 0) is 0 Å². The van der Waals surface area contributed by atoms with E-state index in [-0.39, 0.29) is 5.56 Å². The molecule has 0 fully saturated rings. The van der Waals surface area contributed by atoms with Crippen molar-refractivity contribution in [3.05, 3.63) is 52.0 Å². The lowest BCUT2D eigenvalue weighted by molar-refractivity contribution is 0.0696. The van der Waals surface area contributed by atoms with Gasteiger partial charge >= 0.3 is 5.97 Å². The molecule has 1 aromatic heterocycles. The van der Waals surface area contributed by atoms with Crippen molar-refractivity contribution in [3.63, 3.8) is 0 Å². The van der Waals surface area contributed by atoms with Gasteiger partial charge in [0.25, 0.3) is 0 Å². The summed E-state index contributed by atoms with van der Waals surface area (Å²) in [7, 11) is 0. The van der Waals surface area contributed by atoms with Gasteiger partial charge in [-0.25, -0.2) is 9.78 Å². The number of rotatable bonds is 1. The van der Waals surface area contributed by atoms with Gasteiger partial charge in [-0.15, -0.1) is 11.3 Å².